The van der Waals surface area contributed by atoms with Crippen LogP contribution in [0.1, 0.15) is 89.6 Å². The van der Waals surface area contributed by atoms with Crippen molar-refractivity contribution >= 4 is 29.7 Å². The first kappa shape index (κ1) is 46.5. The van der Waals surface area contributed by atoms with Crippen LogP contribution in [-0.2, 0) is 49.9 Å². The second-order valence-corrected chi connectivity index (χ2v) is 15.0. The van der Waals surface area contributed by atoms with E-state index >= 15 is 0 Å². The lowest BCUT2D eigenvalue weighted by Gasteiger charge is -2.24. The molecule has 2 amide bonds. The summed E-state index contributed by atoms with van der Waals surface area (Å²) in [6, 6.07) is 17.7. The van der Waals surface area contributed by atoms with Gasteiger partial charge in [0.15, 0.2) is 0 Å². The fourth-order valence-electron chi connectivity index (χ4n) is 7.04. The van der Waals surface area contributed by atoms with Gasteiger partial charge in [0.2, 0.25) is 12.3 Å². The number of unbranched alkanes of at least 4 members (excludes halogenated alkanes) is 3. The van der Waals surface area contributed by atoms with Crippen molar-refractivity contribution in [3.05, 3.63) is 77.1 Å². The van der Waals surface area contributed by atoms with Gasteiger partial charge in [-0.25, -0.2) is 10.9 Å². The summed E-state index contributed by atoms with van der Waals surface area (Å²) in [4.78, 5) is 35.4. The van der Waals surface area contributed by atoms with Gasteiger partial charge < -0.3 is 19.8 Å². The van der Waals surface area contributed by atoms with Crippen LogP contribution in [0.15, 0.2) is 54.7 Å². The van der Waals surface area contributed by atoms with E-state index in [1.165, 1.54) is 75.1 Å². The van der Waals surface area contributed by atoms with Crippen LogP contribution >= 0.6 is 0 Å². The SMILES string of the molecule is CC(C)C(C(N)=O)N(C)N.CCCCCCc1cc(C)cc(-c2ccc3c(c2)c(CC(C)(C)COC=O)c(-c2cccnc2COC)n3CC)c1.NNC=O. The Kier molecular flexibility index (Phi) is 19.7. The molecular formula is C43H65N7O5. The van der Waals surface area contributed by atoms with Gasteiger partial charge in [-0.3, -0.25) is 30.6 Å². The van der Waals surface area contributed by atoms with Crippen molar-refractivity contribution in [2.24, 2.45) is 28.8 Å². The minimum absolute atomic E-state index is 0.160. The van der Waals surface area contributed by atoms with E-state index in [1.807, 2.05) is 26.1 Å². The Bertz CT molecular complexity index is 1790. The van der Waals surface area contributed by atoms with E-state index in [1.54, 1.807) is 19.6 Å². The van der Waals surface area contributed by atoms with Gasteiger partial charge in [-0.2, -0.15) is 0 Å². The normalized spacial score (nSPS) is 11.7. The Labute approximate surface area is 328 Å². The van der Waals surface area contributed by atoms with Gasteiger partial charge in [-0.1, -0.05) is 83.7 Å². The molecule has 12 heteroatoms. The molecule has 0 bridgehead atoms. The monoisotopic (exact) mass is 760 g/mol. The lowest BCUT2D eigenvalue weighted by molar-refractivity contribution is -0.131. The molecule has 4 rings (SSSR count). The van der Waals surface area contributed by atoms with E-state index < -0.39 is 0 Å². The molecule has 0 fully saturated rings. The van der Waals surface area contributed by atoms with Crippen molar-refractivity contribution < 1.29 is 23.9 Å². The van der Waals surface area contributed by atoms with Crippen LogP contribution in [0.2, 0.25) is 0 Å². The number of nitrogens with one attached hydrogen (secondary N) is 1. The van der Waals surface area contributed by atoms with Crippen molar-refractivity contribution in [1.82, 2.24) is 20.0 Å². The van der Waals surface area contributed by atoms with Gasteiger partial charge in [0.1, 0.15) is 6.04 Å². The van der Waals surface area contributed by atoms with Crippen molar-refractivity contribution in [2.45, 2.75) is 106 Å². The molecule has 2 aromatic heterocycles. The number of aromatic nitrogens is 2. The van der Waals surface area contributed by atoms with Gasteiger partial charge >= 0.3 is 0 Å². The van der Waals surface area contributed by atoms with Crippen LogP contribution in [0, 0.1) is 18.3 Å². The van der Waals surface area contributed by atoms with E-state index in [0.717, 1.165) is 30.6 Å². The van der Waals surface area contributed by atoms with E-state index in [4.69, 9.17) is 25.8 Å². The van der Waals surface area contributed by atoms with Gasteiger partial charge in [0.05, 0.1) is 24.6 Å². The number of pyridine rings is 1. The minimum atomic E-state index is -0.375. The molecule has 55 heavy (non-hydrogen) atoms. The first-order valence-corrected chi connectivity index (χ1v) is 19.1. The zero-order chi connectivity index (χ0) is 41.1. The van der Waals surface area contributed by atoms with Crippen LogP contribution in [0.25, 0.3) is 33.3 Å². The number of nitrogens with zero attached hydrogens (tertiary/aromatic N) is 3. The molecule has 0 saturated heterocycles. The quantitative estimate of drug-likeness (QED) is 0.0269. The van der Waals surface area contributed by atoms with Crippen LogP contribution < -0.4 is 22.8 Å². The smallest absolute Gasteiger partial charge is 0.293 e. The minimum Gasteiger partial charge on any atom is -0.467 e. The van der Waals surface area contributed by atoms with Crippen LogP contribution in [-0.4, -0.2) is 60.2 Å². The van der Waals surface area contributed by atoms with Crippen molar-refractivity contribution in [3.8, 4) is 22.4 Å². The third kappa shape index (κ3) is 13.9. The van der Waals surface area contributed by atoms with Gasteiger partial charge in [0.25, 0.3) is 6.47 Å². The van der Waals surface area contributed by atoms with E-state index in [9.17, 15) is 9.59 Å². The number of aryl methyl sites for hydroxylation is 3. The molecule has 4 aromatic rings. The predicted octanol–water partition coefficient (Wildman–Crippen LogP) is 6.62. The highest BCUT2D eigenvalue weighted by atomic mass is 16.5. The highest BCUT2D eigenvalue weighted by molar-refractivity contribution is 5.95. The second-order valence-electron chi connectivity index (χ2n) is 15.0. The summed E-state index contributed by atoms with van der Waals surface area (Å²) >= 11 is 0. The number of likely N-dealkylation sites (N-methyl/N-ethyl adjacent to an activating group) is 1. The molecule has 0 spiro atoms. The Morgan fingerprint density at radius 1 is 1.05 bits per heavy atom. The zero-order valence-corrected chi connectivity index (χ0v) is 34.5. The second kappa shape index (κ2) is 23.3. The average molecular weight is 760 g/mol. The standard InChI is InChI=1S/C36H46N2O3.C6H15N3O.CH4N2O/c1-7-9-10-11-13-27-18-26(3)19-29(20-27)28-15-16-34-31(21-28)32(22-36(4,5)24-41-25-39)35(38(34)8-2)30-14-12-17-37-33(30)23-40-6;1-4(2)5(6(7)10)9(3)8;2-3-1-4/h12,14-21,25H,7-11,13,22-24H2,1-6H3;4-5H,8H2,1-3H3,(H2,7,10);1H,2H2,(H,3,4). The van der Waals surface area contributed by atoms with Crippen molar-refractivity contribution in [1.29, 1.82) is 0 Å². The molecule has 2 heterocycles. The summed E-state index contributed by atoms with van der Waals surface area (Å²) in [6.45, 7) is 16.9. The number of carbonyl (C=O) groups is 3. The van der Waals surface area contributed by atoms with Gasteiger partial charge in [0, 0.05) is 48.8 Å². The Balaban J connectivity index is 0.000000635. The summed E-state index contributed by atoms with van der Waals surface area (Å²) in [6.07, 6.45) is 9.17. The summed E-state index contributed by atoms with van der Waals surface area (Å²) < 4.78 is 13.2. The lowest BCUT2D eigenvalue weighted by Crippen LogP contribution is -2.49. The largest absolute Gasteiger partial charge is 0.467 e. The summed E-state index contributed by atoms with van der Waals surface area (Å²) in [5, 5.41) is 2.57. The van der Waals surface area contributed by atoms with E-state index in [-0.39, 0.29) is 23.3 Å². The molecule has 0 aliphatic heterocycles. The molecule has 2 aromatic carbocycles. The fraction of sp³-hybridized carbons (Fsp3) is 0.488. The zero-order valence-electron chi connectivity index (χ0n) is 34.5. The van der Waals surface area contributed by atoms with Gasteiger partial charge in [-0.05, 0) is 85.5 Å². The number of fused-ring (bicyclic) bond motifs is 1. The molecule has 1 unspecified atom stereocenters. The summed E-state index contributed by atoms with van der Waals surface area (Å²) in [5.41, 5.74) is 17.4. The number of hydrazine groups is 2. The molecule has 302 valence electrons. The number of carbonyl (C=O) groups excluding carboxylic acids is 3. The topological polar surface area (TPSA) is 181 Å². The molecule has 0 aliphatic carbocycles. The van der Waals surface area contributed by atoms with Crippen LogP contribution in [0.4, 0.5) is 0 Å². The molecule has 0 aliphatic rings. The molecule has 1 atom stereocenters. The Morgan fingerprint density at radius 3 is 2.31 bits per heavy atom. The van der Waals surface area contributed by atoms with Crippen molar-refractivity contribution in [3.63, 3.8) is 0 Å². The van der Waals surface area contributed by atoms with Gasteiger partial charge in [-0.15, -0.1) is 0 Å². The molecule has 0 radical (unpaired) electrons. The number of nitrogens with two attached hydrogens (primary N) is 3. The maximum Gasteiger partial charge on any atom is 0.293 e. The number of rotatable bonds is 19. The van der Waals surface area contributed by atoms with E-state index in [2.05, 4.69) is 92.5 Å². The number of benzene rings is 2. The first-order valence-electron chi connectivity index (χ1n) is 19.1. The highest BCUT2D eigenvalue weighted by Gasteiger charge is 2.28. The number of primary amides is 1. The number of hydrogen-bond donors (Lipinski definition) is 4. The number of ether oxygens (including phenoxy) is 2. The lowest BCUT2D eigenvalue weighted by atomic mass is 9.84. The third-order valence-electron chi connectivity index (χ3n) is 9.33. The molecule has 0 saturated carbocycles. The summed E-state index contributed by atoms with van der Waals surface area (Å²) in [7, 11) is 3.34. The van der Waals surface area contributed by atoms with Crippen LogP contribution in [0.3, 0.4) is 0 Å². The third-order valence-corrected chi connectivity index (χ3v) is 9.33. The average Bonchev–Trinajstić information content (AvgIpc) is 3.44. The van der Waals surface area contributed by atoms with Crippen LogP contribution in [0.5, 0.6) is 0 Å². The molecule has 7 N–H and O–H groups in total. The maximum atomic E-state index is 11.1. The van der Waals surface area contributed by atoms with E-state index in [0.29, 0.717) is 26.1 Å². The molecular weight excluding hydrogens is 695 g/mol. The number of methoxy groups -OCH3 is 1. The summed E-state index contributed by atoms with van der Waals surface area (Å²) in [5.74, 6) is 9.57. The van der Waals surface area contributed by atoms with Crippen molar-refractivity contribution in [2.75, 3.05) is 20.8 Å². The predicted molar refractivity (Wildman–Crippen MR) is 222 cm³/mol. The Morgan fingerprint density at radius 2 is 1.76 bits per heavy atom. The molecule has 12 nitrogen and oxygen atoms in total. The first-order chi connectivity index (χ1) is 26.2. The maximum absolute atomic E-state index is 11.1. The number of amides is 2. The Hall–Kier alpha value is -4.62. The fourth-order valence-corrected chi connectivity index (χ4v) is 7.04. The number of hydrogen-bond acceptors (Lipinski definition) is 9. The highest BCUT2D eigenvalue weighted by Crippen LogP contribution is 2.41.